The number of aromatic hydroxyl groups is 1. The Morgan fingerprint density at radius 2 is 2.17 bits per heavy atom. The number of benzene rings is 1. The first-order chi connectivity index (χ1) is 8.69. The average Bonchev–Trinajstić information content (AvgIpc) is 2.38. The second kappa shape index (κ2) is 5.39. The van der Waals surface area contributed by atoms with Gasteiger partial charge in [0.2, 0.25) is 0 Å². The summed E-state index contributed by atoms with van der Waals surface area (Å²) in [5.41, 5.74) is 1.95. The van der Waals surface area contributed by atoms with Gasteiger partial charge in [-0.2, -0.15) is 5.26 Å². The molecule has 0 saturated heterocycles. The number of nitrogens with zero attached hydrogens (tertiary/aromatic N) is 2. The van der Waals surface area contributed by atoms with Gasteiger partial charge in [-0.25, -0.2) is 0 Å². The Kier molecular flexibility index (Phi) is 3.66. The lowest BCUT2D eigenvalue weighted by molar-refractivity contribution is 0.472. The Hall–Kier alpha value is -2.25. The molecule has 0 atom stereocenters. The summed E-state index contributed by atoms with van der Waals surface area (Å²) in [5, 5.41) is 21.7. The van der Waals surface area contributed by atoms with Crippen molar-refractivity contribution in [3.8, 4) is 11.8 Å². The van der Waals surface area contributed by atoms with E-state index >= 15 is 0 Å². The topological polar surface area (TPSA) is 68.9 Å². The minimum Gasteiger partial charge on any atom is -0.506 e. The number of aromatic nitrogens is 1. The summed E-state index contributed by atoms with van der Waals surface area (Å²) in [4.78, 5) is 4.04. The number of halogens is 1. The van der Waals surface area contributed by atoms with Crippen LogP contribution in [0.1, 0.15) is 11.3 Å². The highest BCUT2D eigenvalue weighted by atomic mass is 35.5. The molecule has 0 radical (unpaired) electrons. The summed E-state index contributed by atoms with van der Waals surface area (Å²) in [7, 11) is 0. The van der Waals surface area contributed by atoms with Gasteiger partial charge in [-0.15, -0.1) is 0 Å². The van der Waals surface area contributed by atoms with Crippen LogP contribution in [-0.2, 0) is 6.54 Å². The summed E-state index contributed by atoms with van der Waals surface area (Å²) in [6, 6.07) is 10.4. The van der Waals surface area contributed by atoms with Crippen molar-refractivity contribution in [1.82, 2.24) is 4.98 Å². The number of pyridine rings is 1. The fraction of sp³-hybridized carbons (Fsp3) is 0.0769. The van der Waals surface area contributed by atoms with Gasteiger partial charge in [0.15, 0.2) is 0 Å². The summed E-state index contributed by atoms with van der Waals surface area (Å²) < 4.78 is 0. The quantitative estimate of drug-likeness (QED) is 0.889. The highest BCUT2D eigenvalue weighted by molar-refractivity contribution is 6.30. The third-order valence-electron chi connectivity index (χ3n) is 2.37. The fourth-order valence-corrected chi connectivity index (χ4v) is 1.64. The lowest BCUT2D eigenvalue weighted by Crippen LogP contribution is -2.02. The Labute approximate surface area is 109 Å². The molecule has 0 unspecified atom stereocenters. The Bertz CT molecular complexity index is 590. The molecule has 0 aliphatic heterocycles. The first-order valence-corrected chi connectivity index (χ1v) is 5.64. The Morgan fingerprint density at radius 1 is 1.33 bits per heavy atom. The normalized spacial score (nSPS) is 9.78. The number of anilines is 1. The number of nitrogens with one attached hydrogen (secondary N) is 1. The molecule has 0 aliphatic carbocycles. The Balaban J connectivity index is 2.13. The molecule has 2 rings (SSSR count). The first kappa shape index (κ1) is 12.2. The third kappa shape index (κ3) is 2.90. The van der Waals surface area contributed by atoms with Crippen molar-refractivity contribution >= 4 is 17.3 Å². The van der Waals surface area contributed by atoms with E-state index in [0.717, 1.165) is 5.69 Å². The molecule has 0 aliphatic rings. The zero-order valence-electron chi connectivity index (χ0n) is 9.39. The number of hydrogen-bond donors (Lipinski definition) is 2. The molecule has 5 heteroatoms. The van der Waals surface area contributed by atoms with Crippen LogP contribution in [0.5, 0.6) is 5.75 Å². The second-order valence-corrected chi connectivity index (χ2v) is 4.10. The van der Waals surface area contributed by atoms with Crippen LogP contribution < -0.4 is 5.32 Å². The van der Waals surface area contributed by atoms with Crippen LogP contribution in [0, 0.1) is 11.3 Å². The van der Waals surface area contributed by atoms with Gasteiger partial charge in [0.25, 0.3) is 0 Å². The van der Waals surface area contributed by atoms with Crippen LogP contribution >= 0.6 is 11.6 Å². The van der Waals surface area contributed by atoms with E-state index in [2.05, 4.69) is 16.4 Å². The summed E-state index contributed by atoms with van der Waals surface area (Å²) in [6.45, 7) is 0.454. The van der Waals surface area contributed by atoms with E-state index < -0.39 is 0 Å². The zero-order chi connectivity index (χ0) is 13.0. The van der Waals surface area contributed by atoms with E-state index in [1.807, 2.05) is 0 Å². The molecule has 90 valence electrons. The maximum Gasteiger partial charge on any atom is 0.133 e. The predicted octanol–water partition coefficient (Wildman–Crippen LogP) is 2.92. The maximum atomic E-state index is 9.12. The lowest BCUT2D eigenvalue weighted by Gasteiger charge is -2.08. The zero-order valence-corrected chi connectivity index (χ0v) is 10.1. The number of rotatable bonds is 3. The molecule has 0 spiro atoms. The molecule has 2 N–H and O–H groups in total. The standard InChI is InChI=1S/C13H10ClN3O/c14-10-2-1-9(6-15)13(5-10)17-7-11-3-4-12(18)8-16-11/h1-5,8,17-18H,7H2. The largest absolute Gasteiger partial charge is 0.506 e. The SMILES string of the molecule is N#Cc1ccc(Cl)cc1NCc1ccc(O)cn1. The smallest absolute Gasteiger partial charge is 0.133 e. The van der Waals surface area contributed by atoms with Gasteiger partial charge in [0.1, 0.15) is 11.8 Å². The molecule has 0 bridgehead atoms. The Morgan fingerprint density at radius 3 is 2.83 bits per heavy atom. The van der Waals surface area contributed by atoms with Crippen molar-refractivity contribution in [2.45, 2.75) is 6.54 Å². The van der Waals surface area contributed by atoms with E-state index in [0.29, 0.717) is 22.8 Å². The molecule has 0 fully saturated rings. The van der Waals surface area contributed by atoms with Crippen molar-refractivity contribution in [1.29, 1.82) is 5.26 Å². The van der Waals surface area contributed by atoms with Crippen molar-refractivity contribution in [2.24, 2.45) is 0 Å². The van der Waals surface area contributed by atoms with E-state index in [4.69, 9.17) is 22.0 Å². The van der Waals surface area contributed by atoms with Gasteiger partial charge in [-0.05, 0) is 30.3 Å². The van der Waals surface area contributed by atoms with Crippen LogP contribution in [0.25, 0.3) is 0 Å². The summed E-state index contributed by atoms with van der Waals surface area (Å²) in [5.74, 6) is 0.124. The van der Waals surface area contributed by atoms with Gasteiger partial charge in [0, 0.05) is 5.02 Å². The van der Waals surface area contributed by atoms with Gasteiger partial charge in [-0.1, -0.05) is 11.6 Å². The third-order valence-corrected chi connectivity index (χ3v) is 2.61. The molecule has 1 aromatic carbocycles. The van der Waals surface area contributed by atoms with Gasteiger partial charge in [0.05, 0.1) is 29.7 Å². The van der Waals surface area contributed by atoms with Crippen LogP contribution in [0.4, 0.5) is 5.69 Å². The molecular formula is C13H10ClN3O. The highest BCUT2D eigenvalue weighted by Crippen LogP contribution is 2.21. The average molecular weight is 260 g/mol. The molecule has 18 heavy (non-hydrogen) atoms. The summed E-state index contributed by atoms with van der Waals surface area (Å²) in [6.07, 6.45) is 1.38. The van der Waals surface area contributed by atoms with Crippen LogP contribution in [-0.4, -0.2) is 10.1 Å². The summed E-state index contributed by atoms with van der Waals surface area (Å²) >= 11 is 5.88. The molecule has 0 amide bonds. The minimum atomic E-state index is 0.124. The number of nitriles is 1. The molecule has 1 heterocycles. The fourth-order valence-electron chi connectivity index (χ4n) is 1.47. The van der Waals surface area contributed by atoms with Crippen molar-refractivity contribution in [3.63, 3.8) is 0 Å². The van der Waals surface area contributed by atoms with Crippen molar-refractivity contribution in [3.05, 3.63) is 52.8 Å². The van der Waals surface area contributed by atoms with Gasteiger partial charge < -0.3 is 10.4 Å². The molecule has 2 aromatic rings. The second-order valence-electron chi connectivity index (χ2n) is 3.66. The van der Waals surface area contributed by atoms with Crippen molar-refractivity contribution < 1.29 is 5.11 Å². The molecular weight excluding hydrogens is 250 g/mol. The molecule has 1 aromatic heterocycles. The molecule has 4 nitrogen and oxygen atoms in total. The van der Waals surface area contributed by atoms with Crippen LogP contribution in [0.2, 0.25) is 5.02 Å². The van der Waals surface area contributed by atoms with Crippen LogP contribution in [0.15, 0.2) is 36.5 Å². The van der Waals surface area contributed by atoms with E-state index in [-0.39, 0.29) is 5.75 Å². The lowest BCUT2D eigenvalue weighted by atomic mass is 10.2. The van der Waals surface area contributed by atoms with Crippen LogP contribution in [0.3, 0.4) is 0 Å². The van der Waals surface area contributed by atoms with Crippen molar-refractivity contribution in [2.75, 3.05) is 5.32 Å². The van der Waals surface area contributed by atoms with E-state index in [1.54, 1.807) is 30.3 Å². The van der Waals surface area contributed by atoms with E-state index in [9.17, 15) is 0 Å². The number of hydrogen-bond acceptors (Lipinski definition) is 4. The molecule has 0 saturated carbocycles. The maximum absolute atomic E-state index is 9.12. The van der Waals surface area contributed by atoms with E-state index in [1.165, 1.54) is 6.20 Å². The monoisotopic (exact) mass is 259 g/mol. The highest BCUT2D eigenvalue weighted by Gasteiger charge is 2.03. The van der Waals surface area contributed by atoms with Gasteiger partial charge >= 0.3 is 0 Å². The minimum absolute atomic E-state index is 0.124. The first-order valence-electron chi connectivity index (χ1n) is 5.26. The van der Waals surface area contributed by atoms with Gasteiger partial charge in [-0.3, -0.25) is 4.98 Å². The predicted molar refractivity (Wildman–Crippen MR) is 69.4 cm³/mol.